The minimum atomic E-state index is -0.131. The Hall–Kier alpha value is -1.71. The maximum Gasteiger partial charge on any atom is 0.220 e. The highest BCUT2D eigenvalue weighted by molar-refractivity contribution is 5.79. The van der Waals surface area contributed by atoms with Crippen molar-refractivity contribution in [3.8, 4) is 5.75 Å². The van der Waals surface area contributed by atoms with E-state index in [1.165, 1.54) is 11.3 Å². The predicted octanol–water partition coefficient (Wildman–Crippen LogP) is 1.57. The number of amides is 1. The Bertz CT molecular complexity index is 501. The minimum Gasteiger partial charge on any atom is -0.497 e. The molecule has 1 aliphatic heterocycles. The Labute approximate surface area is 113 Å². The first-order valence-electron chi connectivity index (χ1n) is 6.90. The summed E-state index contributed by atoms with van der Waals surface area (Å²) in [5, 5.41) is 0. The molecule has 4 heteroatoms. The summed E-state index contributed by atoms with van der Waals surface area (Å²) in [5.74, 6) is 1.42. The fourth-order valence-electron chi connectivity index (χ4n) is 3.02. The topological polar surface area (TPSA) is 55.6 Å². The van der Waals surface area contributed by atoms with Gasteiger partial charge in [-0.25, -0.2) is 0 Å². The quantitative estimate of drug-likeness (QED) is 0.874. The van der Waals surface area contributed by atoms with Gasteiger partial charge in [-0.05, 0) is 36.8 Å². The maximum absolute atomic E-state index is 11.0. The monoisotopic (exact) mass is 260 g/mol. The fraction of sp³-hybridized carbons (Fsp3) is 0.533. The number of hydrogen-bond donors (Lipinski definition) is 1. The molecule has 1 saturated carbocycles. The smallest absolute Gasteiger partial charge is 0.220 e. The first kappa shape index (κ1) is 12.3. The van der Waals surface area contributed by atoms with Crippen LogP contribution in [0.3, 0.4) is 0 Å². The van der Waals surface area contributed by atoms with Crippen LogP contribution in [0.1, 0.15) is 18.4 Å². The first-order chi connectivity index (χ1) is 9.19. The van der Waals surface area contributed by atoms with Crippen LogP contribution >= 0.6 is 0 Å². The number of fused-ring (bicyclic) bond motifs is 1. The molecule has 1 fully saturated rings. The van der Waals surface area contributed by atoms with Gasteiger partial charge in [0.25, 0.3) is 0 Å². The molecule has 1 amide bonds. The van der Waals surface area contributed by atoms with Gasteiger partial charge in [-0.1, -0.05) is 6.07 Å². The number of primary amides is 1. The predicted molar refractivity (Wildman–Crippen MR) is 74.3 cm³/mol. The number of nitrogens with zero attached hydrogens (tertiary/aromatic N) is 1. The van der Waals surface area contributed by atoms with Crippen molar-refractivity contribution in [3.05, 3.63) is 23.8 Å². The van der Waals surface area contributed by atoms with Gasteiger partial charge in [-0.2, -0.15) is 0 Å². The highest BCUT2D eigenvalue weighted by Gasteiger charge is 2.41. The molecule has 19 heavy (non-hydrogen) atoms. The van der Waals surface area contributed by atoms with Gasteiger partial charge in [-0.3, -0.25) is 4.79 Å². The summed E-state index contributed by atoms with van der Waals surface area (Å²) >= 11 is 0. The summed E-state index contributed by atoms with van der Waals surface area (Å²) < 4.78 is 5.29. The number of benzene rings is 1. The first-order valence-corrected chi connectivity index (χ1v) is 6.90. The standard InChI is InChI=1S/C15H20N2O2/c1-19-12-3-2-10-4-6-17(14(10)9-12)7-5-11-8-13(11)15(16)18/h2-3,9,11,13H,4-8H2,1H3,(H2,16,18). The van der Waals surface area contributed by atoms with Crippen molar-refractivity contribution in [2.24, 2.45) is 17.6 Å². The molecule has 1 heterocycles. The fourth-order valence-corrected chi connectivity index (χ4v) is 3.02. The lowest BCUT2D eigenvalue weighted by atomic mass is 10.1. The number of anilines is 1. The van der Waals surface area contributed by atoms with Crippen molar-refractivity contribution in [1.82, 2.24) is 0 Å². The van der Waals surface area contributed by atoms with Crippen LogP contribution in [-0.4, -0.2) is 26.1 Å². The molecule has 1 aromatic carbocycles. The molecule has 3 rings (SSSR count). The van der Waals surface area contributed by atoms with Crippen LogP contribution in [0.25, 0.3) is 0 Å². The van der Waals surface area contributed by atoms with Crippen LogP contribution in [0.5, 0.6) is 5.75 Å². The Balaban J connectivity index is 1.61. The number of carbonyl (C=O) groups is 1. The molecule has 2 atom stereocenters. The highest BCUT2D eigenvalue weighted by Crippen LogP contribution is 2.42. The molecule has 1 aromatic rings. The van der Waals surface area contributed by atoms with E-state index in [-0.39, 0.29) is 11.8 Å². The lowest BCUT2D eigenvalue weighted by Gasteiger charge is -2.19. The summed E-state index contributed by atoms with van der Waals surface area (Å²) in [6.07, 6.45) is 3.14. The van der Waals surface area contributed by atoms with Gasteiger partial charge in [0.2, 0.25) is 5.91 Å². The molecule has 2 N–H and O–H groups in total. The molecule has 102 valence electrons. The molecule has 0 aromatic heterocycles. The Kier molecular flexibility index (Phi) is 3.09. The second-order valence-electron chi connectivity index (χ2n) is 5.53. The molecular weight excluding hydrogens is 240 g/mol. The van der Waals surface area contributed by atoms with Crippen LogP contribution in [0.2, 0.25) is 0 Å². The highest BCUT2D eigenvalue weighted by atomic mass is 16.5. The molecule has 0 spiro atoms. The number of hydrogen-bond acceptors (Lipinski definition) is 3. The third kappa shape index (κ3) is 2.39. The number of carbonyl (C=O) groups excluding carboxylic acids is 1. The third-order valence-corrected chi connectivity index (χ3v) is 4.34. The van der Waals surface area contributed by atoms with Gasteiger partial charge in [-0.15, -0.1) is 0 Å². The van der Waals surface area contributed by atoms with E-state index in [0.717, 1.165) is 38.1 Å². The van der Waals surface area contributed by atoms with Crippen LogP contribution in [-0.2, 0) is 11.2 Å². The van der Waals surface area contributed by atoms with E-state index in [0.29, 0.717) is 5.92 Å². The van der Waals surface area contributed by atoms with E-state index >= 15 is 0 Å². The summed E-state index contributed by atoms with van der Waals surface area (Å²) in [6, 6.07) is 6.28. The van der Waals surface area contributed by atoms with Gasteiger partial charge in [0.15, 0.2) is 0 Å². The molecule has 2 unspecified atom stereocenters. The number of ether oxygens (including phenoxy) is 1. The second kappa shape index (κ2) is 4.76. The second-order valence-corrected chi connectivity index (χ2v) is 5.53. The molecular formula is C15H20N2O2. The van der Waals surface area contributed by atoms with Crippen LogP contribution in [0.15, 0.2) is 18.2 Å². The van der Waals surface area contributed by atoms with E-state index < -0.39 is 0 Å². The van der Waals surface area contributed by atoms with Gasteiger partial charge >= 0.3 is 0 Å². The number of rotatable bonds is 5. The Morgan fingerprint density at radius 3 is 3.05 bits per heavy atom. The molecule has 1 aliphatic carbocycles. The summed E-state index contributed by atoms with van der Waals surface area (Å²) in [4.78, 5) is 13.4. The zero-order chi connectivity index (χ0) is 13.4. The molecule has 2 aliphatic rings. The van der Waals surface area contributed by atoms with Crippen LogP contribution in [0, 0.1) is 11.8 Å². The zero-order valence-corrected chi connectivity index (χ0v) is 11.3. The Morgan fingerprint density at radius 2 is 2.37 bits per heavy atom. The van der Waals surface area contributed by atoms with Crippen LogP contribution in [0.4, 0.5) is 5.69 Å². The SMILES string of the molecule is COc1ccc2c(c1)N(CCC1CC1C(N)=O)CC2. The van der Waals surface area contributed by atoms with E-state index in [1.54, 1.807) is 7.11 Å². The van der Waals surface area contributed by atoms with E-state index in [9.17, 15) is 4.79 Å². The molecule has 0 radical (unpaired) electrons. The zero-order valence-electron chi connectivity index (χ0n) is 11.3. The average Bonchev–Trinajstić information content (AvgIpc) is 3.09. The van der Waals surface area contributed by atoms with Crippen molar-refractivity contribution in [2.45, 2.75) is 19.3 Å². The lowest BCUT2D eigenvalue weighted by Crippen LogP contribution is -2.23. The number of methoxy groups -OCH3 is 1. The van der Waals surface area contributed by atoms with Crippen molar-refractivity contribution in [1.29, 1.82) is 0 Å². The summed E-state index contributed by atoms with van der Waals surface area (Å²) in [7, 11) is 1.70. The van der Waals surface area contributed by atoms with Crippen molar-refractivity contribution in [3.63, 3.8) is 0 Å². The van der Waals surface area contributed by atoms with Gasteiger partial charge in [0.05, 0.1) is 7.11 Å². The van der Waals surface area contributed by atoms with Crippen molar-refractivity contribution >= 4 is 11.6 Å². The third-order valence-electron chi connectivity index (χ3n) is 4.34. The largest absolute Gasteiger partial charge is 0.497 e. The lowest BCUT2D eigenvalue weighted by molar-refractivity contribution is -0.119. The van der Waals surface area contributed by atoms with Gasteiger partial charge in [0.1, 0.15) is 5.75 Å². The van der Waals surface area contributed by atoms with E-state index in [2.05, 4.69) is 17.0 Å². The number of nitrogens with two attached hydrogens (primary N) is 1. The summed E-state index contributed by atoms with van der Waals surface area (Å²) in [6.45, 7) is 2.07. The van der Waals surface area contributed by atoms with E-state index in [1.807, 2.05) is 6.07 Å². The normalized spacial score (nSPS) is 24.2. The molecule has 4 nitrogen and oxygen atoms in total. The van der Waals surface area contributed by atoms with Crippen LogP contribution < -0.4 is 15.4 Å². The average molecular weight is 260 g/mol. The van der Waals surface area contributed by atoms with E-state index in [4.69, 9.17) is 10.5 Å². The maximum atomic E-state index is 11.0. The van der Waals surface area contributed by atoms with Crippen molar-refractivity contribution < 1.29 is 9.53 Å². The summed E-state index contributed by atoms with van der Waals surface area (Å²) in [5.41, 5.74) is 8.00. The Morgan fingerprint density at radius 1 is 1.53 bits per heavy atom. The van der Waals surface area contributed by atoms with Gasteiger partial charge < -0.3 is 15.4 Å². The molecule has 0 bridgehead atoms. The molecule has 0 saturated heterocycles. The minimum absolute atomic E-state index is 0.131. The van der Waals surface area contributed by atoms with Crippen molar-refractivity contribution in [2.75, 3.05) is 25.1 Å². The van der Waals surface area contributed by atoms with Gasteiger partial charge in [0, 0.05) is 30.8 Å².